The Hall–Kier alpha value is -0.900. The highest BCUT2D eigenvalue weighted by Crippen LogP contribution is 2.30. The Bertz CT molecular complexity index is 479. The Balaban J connectivity index is 2.28. The summed E-state index contributed by atoms with van der Waals surface area (Å²) in [6, 6.07) is 7.80. The van der Waals surface area contributed by atoms with Gasteiger partial charge in [0.05, 0.1) is 10.7 Å². The summed E-state index contributed by atoms with van der Waals surface area (Å²) < 4.78 is 0. The summed E-state index contributed by atoms with van der Waals surface area (Å²) in [7, 11) is 4.07. The summed E-state index contributed by atoms with van der Waals surface area (Å²) >= 11 is 7.77. The van der Waals surface area contributed by atoms with E-state index in [1.54, 1.807) is 11.3 Å². The first-order chi connectivity index (χ1) is 7.66. The first-order valence-electron chi connectivity index (χ1n) is 5.01. The Labute approximate surface area is 105 Å². The van der Waals surface area contributed by atoms with Gasteiger partial charge >= 0.3 is 0 Å². The van der Waals surface area contributed by atoms with Crippen molar-refractivity contribution >= 4 is 22.9 Å². The van der Waals surface area contributed by atoms with Crippen molar-refractivity contribution < 1.29 is 0 Å². The number of rotatable bonds is 3. The van der Waals surface area contributed by atoms with Gasteiger partial charge in [0, 0.05) is 17.5 Å². The van der Waals surface area contributed by atoms with Gasteiger partial charge in [-0.1, -0.05) is 29.8 Å². The lowest BCUT2D eigenvalue weighted by atomic mass is 10.2. The minimum Gasteiger partial charge on any atom is -0.304 e. The van der Waals surface area contributed by atoms with E-state index in [2.05, 4.69) is 15.3 Å². The fourth-order valence-electron chi connectivity index (χ4n) is 1.46. The summed E-state index contributed by atoms with van der Waals surface area (Å²) in [6.45, 7) is 0.862. The molecule has 0 spiro atoms. The maximum Gasteiger partial charge on any atom is 0.125 e. The van der Waals surface area contributed by atoms with Gasteiger partial charge in [-0.05, 0) is 20.2 Å². The molecule has 0 saturated carbocycles. The first kappa shape index (κ1) is 11.6. The van der Waals surface area contributed by atoms with E-state index < -0.39 is 0 Å². The third kappa shape index (κ3) is 2.61. The van der Waals surface area contributed by atoms with Gasteiger partial charge in [-0.3, -0.25) is 0 Å². The van der Waals surface area contributed by atoms with Crippen LogP contribution < -0.4 is 0 Å². The maximum absolute atomic E-state index is 6.13. The highest BCUT2D eigenvalue weighted by molar-refractivity contribution is 7.13. The molecule has 1 heterocycles. The number of thiazole rings is 1. The summed E-state index contributed by atoms with van der Waals surface area (Å²) in [5.74, 6) is 0. The van der Waals surface area contributed by atoms with Crippen molar-refractivity contribution in [1.82, 2.24) is 9.88 Å². The van der Waals surface area contributed by atoms with Crippen LogP contribution in [0.3, 0.4) is 0 Å². The average Bonchev–Trinajstić information content (AvgIpc) is 2.66. The van der Waals surface area contributed by atoms with Crippen LogP contribution in [0.2, 0.25) is 5.02 Å². The van der Waals surface area contributed by atoms with Crippen LogP contribution in [0.15, 0.2) is 29.6 Å². The molecule has 0 amide bonds. The molecule has 0 atom stereocenters. The van der Waals surface area contributed by atoms with Crippen molar-refractivity contribution in [2.75, 3.05) is 14.1 Å². The van der Waals surface area contributed by atoms with Gasteiger partial charge in [-0.15, -0.1) is 11.3 Å². The Morgan fingerprint density at radius 2 is 2.06 bits per heavy atom. The molecule has 0 aliphatic heterocycles. The molecule has 0 N–H and O–H groups in total. The van der Waals surface area contributed by atoms with Crippen LogP contribution in [-0.2, 0) is 6.54 Å². The van der Waals surface area contributed by atoms with Crippen LogP contribution in [0.25, 0.3) is 10.6 Å². The van der Waals surface area contributed by atoms with E-state index in [1.165, 1.54) is 0 Å². The minimum atomic E-state index is 0.758. The Kier molecular flexibility index (Phi) is 3.59. The lowest BCUT2D eigenvalue weighted by molar-refractivity contribution is 0.398. The van der Waals surface area contributed by atoms with Crippen LogP contribution in [0.1, 0.15) is 5.69 Å². The third-order valence-electron chi connectivity index (χ3n) is 2.13. The molecule has 0 radical (unpaired) electrons. The predicted octanol–water partition coefficient (Wildman–Crippen LogP) is 3.53. The molecule has 0 fully saturated rings. The van der Waals surface area contributed by atoms with E-state index in [-0.39, 0.29) is 0 Å². The number of benzene rings is 1. The molecule has 0 aliphatic rings. The second kappa shape index (κ2) is 4.95. The van der Waals surface area contributed by atoms with E-state index in [0.717, 1.165) is 27.8 Å². The molecular weight excluding hydrogens is 240 g/mol. The van der Waals surface area contributed by atoms with Gasteiger partial charge in [-0.25, -0.2) is 4.98 Å². The van der Waals surface area contributed by atoms with E-state index in [0.29, 0.717) is 0 Å². The van der Waals surface area contributed by atoms with Crippen molar-refractivity contribution in [2.45, 2.75) is 6.54 Å². The fourth-order valence-corrected chi connectivity index (χ4v) is 2.59. The van der Waals surface area contributed by atoms with E-state index in [1.807, 2.05) is 38.4 Å². The standard InChI is InChI=1S/C12H13ClN2S/c1-15(2)7-9-8-16-12(14-9)10-5-3-4-6-11(10)13/h3-6,8H,7H2,1-2H3. The Morgan fingerprint density at radius 3 is 2.75 bits per heavy atom. The van der Waals surface area contributed by atoms with Crippen LogP contribution in [0.4, 0.5) is 0 Å². The molecule has 0 bridgehead atoms. The molecule has 2 nitrogen and oxygen atoms in total. The second-order valence-corrected chi connectivity index (χ2v) is 5.13. The molecular formula is C12H13ClN2S. The van der Waals surface area contributed by atoms with Crippen LogP contribution in [-0.4, -0.2) is 24.0 Å². The number of hydrogen-bond donors (Lipinski definition) is 0. The van der Waals surface area contributed by atoms with Crippen LogP contribution in [0.5, 0.6) is 0 Å². The maximum atomic E-state index is 6.13. The van der Waals surface area contributed by atoms with Gasteiger partial charge in [0.15, 0.2) is 0 Å². The zero-order valence-corrected chi connectivity index (χ0v) is 10.8. The van der Waals surface area contributed by atoms with E-state index >= 15 is 0 Å². The molecule has 0 saturated heterocycles. The molecule has 1 aromatic carbocycles. The molecule has 2 rings (SSSR count). The summed E-state index contributed by atoms with van der Waals surface area (Å²) in [5.41, 5.74) is 2.10. The third-order valence-corrected chi connectivity index (χ3v) is 3.39. The number of hydrogen-bond acceptors (Lipinski definition) is 3. The molecule has 84 valence electrons. The normalized spacial score (nSPS) is 11.0. The molecule has 1 aromatic heterocycles. The number of halogens is 1. The van der Waals surface area contributed by atoms with Crippen molar-refractivity contribution in [3.63, 3.8) is 0 Å². The lowest BCUT2D eigenvalue weighted by Crippen LogP contribution is -2.10. The van der Waals surface area contributed by atoms with Crippen molar-refractivity contribution in [3.8, 4) is 10.6 Å². The van der Waals surface area contributed by atoms with Crippen molar-refractivity contribution in [1.29, 1.82) is 0 Å². The highest BCUT2D eigenvalue weighted by Gasteiger charge is 2.08. The first-order valence-corrected chi connectivity index (χ1v) is 6.26. The SMILES string of the molecule is CN(C)Cc1csc(-c2ccccc2Cl)n1. The predicted molar refractivity (Wildman–Crippen MR) is 70.0 cm³/mol. The molecule has 16 heavy (non-hydrogen) atoms. The van der Waals surface area contributed by atoms with Crippen molar-refractivity contribution in [3.05, 3.63) is 40.4 Å². The zero-order valence-electron chi connectivity index (χ0n) is 9.27. The average molecular weight is 253 g/mol. The van der Waals surface area contributed by atoms with Gasteiger partial charge < -0.3 is 4.90 Å². The monoisotopic (exact) mass is 252 g/mol. The smallest absolute Gasteiger partial charge is 0.125 e. The molecule has 2 aromatic rings. The summed E-state index contributed by atoms with van der Waals surface area (Å²) in [4.78, 5) is 6.68. The Morgan fingerprint density at radius 1 is 1.31 bits per heavy atom. The summed E-state index contributed by atoms with van der Waals surface area (Å²) in [5, 5.41) is 3.83. The number of aromatic nitrogens is 1. The minimum absolute atomic E-state index is 0.758. The summed E-state index contributed by atoms with van der Waals surface area (Å²) in [6.07, 6.45) is 0. The van der Waals surface area contributed by atoms with Gasteiger partial charge in [-0.2, -0.15) is 0 Å². The molecule has 4 heteroatoms. The van der Waals surface area contributed by atoms with Gasteiger partial charge in [0.25, 0.3) is 0 Å². The van der Waals surface area contributed by atoms with Gasteiger partial charge in [0.1, 0.15) is 5.01 Å². The van der Waals surface area contributed by atoms with Gasteiger partial charge in [0.2, 0.25) is 0 Å². The quantitative estimate of drug-likeness (QED) is 0.831. The van der Waals surface area contributed by atoms with Crippen LogP contribution in [0, 0.1) is 0 Å². The zero-order chi connectivity index (χ0) is 11.5. The largest absolute Gasteiger partial charge is 0.304 e. The van der Waals surface area contributed by atoms with E-state index in [4.69, 9.17) is 11.6 Å². The highest BCUT2D eigenvalue weighted by atomic mass is 35.5. The van der Waals surface area contributed by atoms with Crippen molar-refractivity contribution in [2.24, 2.45) is 0 Å². The lowest BCUT2D eigenvalue weighted by Gasteiger charge is -2.05. The molecule has 0 unspecified atom stereocenters. The van der Waals surface area contributed by atoms with Crippen LogP contribution >= 0.6 is 22.9 Å². The molecule has 0 aliphatic carbocycles. The number of nitrogens with zero attached hydrogens (tertiary/aromatic N) is 2. The van der Waals surface area contributed by atoms with E-state index in [9.17, 15) is 0 Å². The topological polar surface area (TPSA) is 16.1 Å². The second-order valence-electron chi connectivity index (χ2n) is 3.86. The fraction of sp³-hybridized carbons (Fsp3) is 0.250.